The number of benzene rings is 2. The first-order valence-corrected chi connectivity index (χ1v) is 6.50. The van der Waals surface area contributed by atoms with E-state index in [0.717, 1.165) is 11.3 Å². The van der Waals surface area contributed by atoms with Crippen LogP contribution in [0, 0.1) is 3.57 Å². The van der Waals surface area contributed by atoms with Crippen LogP contribution in [0.15, 0.2) is 53.6 Å². The number of rotatable bonds is 3. The summed E-state index contributed by atoms with van der Waals surface area (Å²) in [6, 6.07) is 15.6. The Hall–Kier alpha value is -1.07. The highest BCUT2D eigenvalue weighted by molar-refractivity contribution is 14.1. The molecule has 0 atom stereocenters. The van der Waals surface area contributed by atoms with Gasteiger partial charge in [0.2, 0.25) is 0 Å². The van der Waals surface area contributed by atoms with E-state index in [9.17, 15) is 0 Å². The Kier molecular flexibility index (Phi) is 4.39. The van der Waals surface area contributed by atoms with Gasteiger partial charge in [0.1, 0.15) is 0 Å². The van der Waals surface area contributed by atoms with Crippen molar-refractivity contribution in [3.8, 4) is 0 Å². The van der Waals surface area contributed by atoms with Gasteiger partial charge < -0.3 is 0 Å². The van der Waals surface area contributed by atoms with E-state index in [1.807, 2.05) is 48.5 Å². The summed E-state index contributed by atoms with van der Waals surface area (Å²) in [4.78, 5) is 0. The highest BCUT2D eigenvalue weighted by atomic mass is 127. The third-order valence-electron chi connectivity index (χ3n) is 2.15. The zero-order valence-corrected chi connectivity index (χ0v) is 11.8. The Balaban J connectivity index is 2.03. The first-order valence-electron chi connectivity index (χ1n) is 5.05. The van der Waals surface area contributed by atoms with Gasteiger partial charge in [0.15, 0.2) is 0 Å². The van der Waals surface area contributed by atoms with E-state index in [2.05, 4.69) is 33.1 Å². The van der Waals surface area contributed by atoms with E-state index in [-0.39, 0.29) is 0 Å². The summed E-state index contributed by atoms with van der Waals surface area (Å²) in [5.74, 6) is 0. The number of halogens is 2. The van der Waals surface area contributed by atoms with Crippen LogP contribution in [0.4, 0.5) is 5.69 Å². The smallest absolute Gasteiger partial charge is 0.0562 e. The van der Waals surface area contributed by atoms with Gasteiger partial charge in [0, 0.05) is 14.2 Å². The van der Waals surface area contributed by atoms with Crippen LogP contribution in [0.2, 0.25) is 5.02 Å². The summed E-state index contributed by atoms with van der Waals surface area (Å²) in [6.45, 7) is 0. The predicted octanol–water partition coefficient (Wildman–Crippen LogP) is 4.39. The molecule has 0 fully saturated rings. The lowest BCUT2D eigenvalue weighted by atomic mass is 10.2. The molecule has 0 saturated carbocycles. The molecule has 0 unspecified atom stereocenters. The van der Waals surface area contributed by atoms with Gasteiger partial charge in [0.05, 0.1) is 11.9 Å². The number of hydrogen-bond donors (Lipinski definition) is 1. The van der Waals surface area contributed by atoms with Crippen LogP contribution in [0.5, 0.6) is 0 Å². The van der Waals surface area contributed by atoms with Crippen molar-refractivity contribution in [1.29, 1.82) is 0 Å². The fourth-order valence-corrected chi connectivity index (χ4v) is 1.82. The highest BCUT2D eigenvalue weighted by Crippen LogP contribution is 2.13. The molecule has 0 aliphatic carbocycles. The van der Waals surface area contributed by atoms with Gasteiger partial charge in [-0.25, -0.2) is 0 Å². The Labute approximate surface area is 119 Å². The Morgan fingerprint density at radius 2 is 1.76 bits per heavy atom. The van der Waals surface area contributed by atoms with Crippen molar-refractivity contribution in [1.82, 2.24) is 0 Å². The summed E-state index contributed by atoms with van der Waals surface area (Å²) in [5.41, 5.74) is 4.80. The summed E-state index contributed by atoms with van der Waals surface area (Å²) in [6.07, 6.45) is 1.71. The maximum Gasteiger partial charge on any atom is 0.0562 e. The summed E-state index contributed by atoms with van der Waals surface area (Å²) < 4.78 is 1.20. The monoisotopic (exact) mass is 356 g/mol. The van der Waals surface area contributed by atoms with Crippen molar-refractivity contribution in [2.45, 2.75) is 0 Å². The second kappa shape index (κ2) is 6.02. The van der Waals surface area contributed by atoms with Crippen LogP contribution in [0.3, 0.4) is 0 Å². The lowest BCUT2D eigenvalue weighted by Gasteiger charge is -2.00. The summed E-state index contributed by atoms with van der Waals surface area (Å²) >= 11 is 8.27. The predicted molar refractivity (Wildman–Crippen MR) is 81.8 cm³/mol. The summed E-state index contributed by atoms with van der Waals surface area (Å²) in [5, 5.41) is 4.84. The number of hydrazone groups is 1. The molecule has 0 radical (unpaired) electrons. The van der Waals surface area contributed by atoms with Crippen molar-refractivity contribution >= 4 is 46.1 Å². The van der Waals surface area contributed by atoms with Crippen LogP contribution in [-0.4, -0.2) is 6.21 Å². The van der Waals surface area contributed by atoms with Crippen LogP contribution >= 0.6 is 34.2 Å². The average molecular weight is 357 g/mol. The minimum atomic E-state index is 0.695. The van der Waals surface area contributed by atoms with Crippen molar-refractivity contribution in [3.63, 3.8) is 0 Å². The molecule has 0 saturated heterocycles. The first kappa shape index (κ1) is 12.4. The Bertz CT molecular complexity index is 523. The molecule has 17 heavy (non-hydrogen) atoms. The third kappa shape index (κ3) is 3.71. The van der Waals surface area contributed by atoms with Gasteiger partial charge in [-0.3, -0.25) is 5.43 Å². The molecule has 0 bridgehead atoms. The standard InChI is InChI=1S/C13H10ClIN2/c14-13-4-2-1-3-10(13)9-16-17-12-7-5-11(15)6-8-12/h1-9,17H/b16-9+. The molecular weight excluding hydrogens is 347 g/mol. The zero-order chi connectivity index (χ0) is 12.1. The van der Waals surface area contributed by atoms with E-state index in [4.69, 9.17) is 11.6 Å². The first-order chi connectivity index (χ1) is 8.25. The number of hydrogen-bond acceptors (Lipinski definition) is 2. The molecule has 2 rings (SSSR count). The number of nitrogens with zero attached hydrogens (tertiary/aromatic N) is 1. The molecule has 0 amide bonds. The molecule has 86 valence electrons. The third-order valence-corrected chi connectivity index (χ3v) is 3.21. The molecule has 0 aromatic heterocycles. The van der Waals surface area contributed by atoms with Gasteiger partial charge in [-0.05, 0) is 52.9 Å². The maximum atomic E-state index is 6.01. The maximum absolute atomic E-state index is 6.01. The minimum Gasteiger partial charge on any atom is -0.279 e. The molecular formula is C13H10ClIN2. The quantitative estimate of drug-likeness (QED) is 0.492. The topological polar surface area (TPSA) is 24.4 Å². The van der Waals surface area contributed by atoms with Crippen molar-refractivity contribution in [2.24, 2.45) is 5.10 Å². The van der Waals surface area contributed by atoms with Crippen LogP contribution in [0.1, 0.15) is 5.56 Å². The SMILES string of the molecule is Clc1ccccc1/C=N/Nc1ccc(I)cc1. The molecule has 0 aliphatic rings. The minimum absolute atomic E-state index is 0.695. The van der Waals surface area contributed by atoms with Crippen LogP contribution < -0.4 is 5.43 Å². The lowest BCUT2D eigenvalue weighted by molar-refractivity contribution is 1.35. The molecule has 0 aliphatic heterocycles. The average Bonchev–Trinajstić information content (AvgIpc) is 2.34. The number of nitrogens with one attached hydrogen (secondary N) is 1. The second-order valence-electron chi connectivity index (χ2n) is 3.40. The van der Waals surface area contributed by atoms with Gasteiger partial charge in [-0.15, -0.1) is 0 Å². The highest BCUT2D eigenvalue weighted by Gasteiger charge is 1.94. The van der Waals surface area contributed by atoms with Gasteiger partial charge in [-0.2, -0.15) is 5.10 Å². The molecule has 1 N–H and O–H groups in total. The summed E-state index contributed by atoms with van der Waals surface area (Å²) in [7, 11) is 0. The molecule has 2 aromatic carbocycles. The van der Waals surface area contributed by atoms with Gasteiger partial charge >= 0.3 is 0 Å². The van der Waals surface area contributed by atoms with E-state index in [1.54, 1.807) is 6.21 Å². The van der Waals surface area contributed by atoms with Crippen molar-refractivity contribution < 1.29 is 0 Å². The van der Waals surface area contributed by atoms with Crippen LogP contribution in [-0.2, 0) is 0 Å². The largest absolute Gasteiger partial charge is 0.279 e. The van der Waals surface area contributed by atoms with Gasteiger partial charge in [-0.1, -0.05) is 29.8 Å². The Morgan fingerprint density at radius 1 is 1.06 bits per heavy atom. The Morgan fingerprint density at radius 3 is 2.47 bits per heavy atom. The van der Waals surface area contributed by atoms with E-state index in [1.165, 1.54) is 3.57 Å². The fourth-order valence-electron chi connectivity index (χ4n) is 1.28. The normalized spacial score (nSPS) is 10.7. The lowest BCUT2D eigenvalue weighted by Crippen LogP contribution is -1.90. The molecule has 2 aromatic rings. The second-order valence-corrected chi connectivity index (χ2v) is 5.05. The van der Waals surface area contributed by atoms with Crippen molar-refractivity contribution in [3.05, 3.63) is 62.7 Å². The fraction of sp³-hybridized carbons (Fsp3) is 0. The molecule has 2 nitrogen and oxygen atoms in total. The van der Waals surface area contributed by atoms with E-state index < -0.39 is 0 Å². The molecule has 0 spiro atoms. The number of anilines is 1. The van der Waals surface area contributed by atoms with E-state index in [0.29, 0.717) is 5.02 Å². The molecule has 4 heteroatoms. The van der Waals surface area contributed by atoms with Gasteiger partial charge in [0.25, 0.3) is 0 Å². The van der Waals surface area contributed by atoms with Crippen LogP contribution in [0.25, 0.3) is 0 Å². The molecule has 0 heterocycles. The van der Waals surface area contributed by atoms with Crippen molar-refractivity contribution in [2.75, 3.05) is 5.43 Å². The zero-order valence-electron chi connectivity index (χ0n) is 8.90. The van der Waals surface area contributed by atoms with E-state index >= 15 is 0 Å².